The van der Waals surface area contributed by atoms with E-state index < -0.39 is 0 Å². The van der Waals surface area contributed by atoms with Crippen LogP contribution in [0, 0.1) is 0 Å². The topological polar surface area (TPSA) is 12.5 Å². The van der Waals surface area contributed by atoms with Gasteiger partial charge in [-0.1, -0.05) is 60.7 Å². The van der Waals surface area contributed by atoms with Crippen LogP contribution in [0.15, 0.2) is 60.7 Å². The van der Waals surface area contributed by atoms with E-state index in [0.29, 0.717) is 0 Å². The summed E-state index contributed by atoms with van der Waals surface area (Å²) < 4.78 is 5.88. The van der Waals surface area contributed by atoms with Gasteiger partial charge in [0.15, 0.2) is 0 Å². The number of ether oxygens (including phenoxy) is 1. The van der Waals surface area contributed by atoms with Gasteiger partial charge in [0.25, 0.3) is 0 Å². The molecule has 0 spiro atoms. The Hall–Kier alpha value is -1.60. The van der Waals surface area contributed by atoms with E-state index in [-0.39, 0.29) is 11.7 Å². The fourth-order valence-corrected chi connectivity index (χ4v) is 2.21. The molecule has 0 amide bonds. The van der Waals surface area contributed by atoms with Crippen molar-refractivity contribution in [1.29, 1.82) is 0 Å². The van der Waals surface area contributed by atoms with Crippen molar-refractivity contribution in [3.05, 3.63) is 71.8 Å². The van der Waals surface area contributed by atoms with E-state index in [2.05, 4.69) is 55.5 Å². The summed E-state index contributed by atoms with van der Waals surface area (Å²) in [4.78, 5) is 0. The molecule has 0 N–H and O–H groups in total. The van der Waals surface area contributed by atoms with Gasteiger partial charge in [-0.25, -0.2) is 0 Å². The molecule has 3 rings (SSSR count). The zero-order chi connectivity index (χ0) is 11.0. The molecule has 2 aromatic carbocycles. The third kappa shape index (κ3) is 1.44. The minimum absolute atomic E-state index is 0.136. The van der Waals surface area contributed by atoms with Crippen molar-refractivity contribution in [1.82, 2.24) is 0 Å². The molecule has 2 aromatic rings. The van der Waals surface area contributed by atoms with Crippen LogP contribution in [-0.4, -0.2) is 0 Å². The van der Waals surface area contributed by atoms with Crippen molar-refractivity contribution in [3.63, 3.8) is 0 Å². The summed E-state index contributed by atoms with van der Waals surface area (Å²) in [6.45, 7) is 2.15. The Morgan fingerprint density at radius 1 is 0.875 bits per heavy atom. The lowest BCUT2D eigenvalue weighted by atomic mass is 9.94. The maximum atomic E-state index is 5.88. The molecule has 1 aliphatic heterocycles. The van der Waals surface area contributed by atoms with Crippen LogP contribution >= 0.6 is 0 Å². The summed E-state index contributed by atoms with van der Waals surface area (Å²) in [6, 6.07) is 20.8. The second-order valence-corrected chi connectivity index (χ2v) is 4.38. The lowest BCUT2D eigenvalue weighted by Crippen LogP contribution is -2.03. The predicted octanol–water partition coefficient (Wildman–Crippen LogP) is 3.67. The summed E-state index contributed by atoms with van der Waals surface area (Å²) >= 11 is 0. The van der Waals surface area contributed by atoms with E-state index >= 15 is 0 Å². The molecule has 1 saturated heterocycles. The smallest absolute Gasteiger partial charge is 0.122 e. The Kier molecular flexibility index (Phi) is 2.08. The summed E-state index contributed by atoms with van der Waals surface area (Å²) in [7, 11) is 0. The van der Waals surface area contributed by atoms with E-state index in [1.807, 2.05) is 12.1 Å². The van der Waals surface area contributed by atoms with E-state index in [4.69, 9.17) is 4.74 Å². The van der Waals surface area contributed by atoms with Crippen LogP contribution < -0.4 is 0 Å². The van der Waals surface area contributed by atoms with Gasteiger partial charge in [0.2, 0.25) is 0 Å². The fraction of sp³-hybridized carbons (Fsp3) is 0.200. The van der Waals surface area contributed by atoms with Gasteiger partial charge in [-0.3, -0.25) is 0 Å². The van der Waals surface area contributed by atoms with Gasteiger partial charge < -0.3 is 4.74 Å². The first-order valence-corrected chi connectivity index (χ1v) is 5.59. The standard InChI is InChI=1S/C15H14O/c1-15(13-10-6-3-7-11-13)14(16-15)12-8-4-2-5-9-12/h2-11,14H,1H3/t14?,15-/m1/s1. The van der Waals surface area contributed by atoms with Crippen LogP contribution in [0.1, 0.15) is 24.2 Å². The van der Waals surface area contributed by atoms with Crippen LogP contribution in [-0.2, 0) is 10.3 Å². The van der Waals surface area contributed by atoms with Crippen LogP contribution in [0.4, 0.5) is 0 Å². The Labute approximate surface area is 95.7 Å². The minimum atomic E-state index is -0.136. The van der Waals surface area contributed by atoms with E-state index in [1.165, 1.54) is 11.1 Å². The first-order chi connectivity index (χ1) is 7.81. The fourth-order valence-electron chi connectivity index (χ4n) is 2.21. The molecular weight excluding hydrogens is 196 g/mol. The van der Waals surface area contributed by atoms with Crippen molar-refractivity contribution in [2.24, 2.45) is 0 Å². The van der Waals surface area contributed by atoms with E-state index in [1.54, 1.807) is 0 Å². The summed E-state index contributed by atoms with van der Waals surface area (Å²) in [5.74, 6) is 0. The van der Waals surface area contributed by atoms with Crippen molar-refractivity contribution in [3.8, 4) is 0 Å². The lowest BCUT2D eigenvalue weighted by molar-refractivity contribution is 0.313. The van der Waals surface area contributed by atoms with Gasteiger partial charge in [0, 0.05) is 0 Å². The number of benzene rings is 2. The minimum Gasteiger partial charge on any atom is -0.356 e. The lowest BCUT2D eigenvalue weighted by Gasteiger charge is -2.06. The molecule has 0 aliphatic carbocycles. The maximum absolute atomic E-state index is 5.88. The molecule has 80 valence electrons. The first-order valence-electron chi connectivity index (χ1n) is 5.59. The van der Waals surface area contributed by atoms with Crippen LogP contribution in [0.3, 0.4) is 0 Å². The zero-order valence-corrected chi connectivity index (χ0v) is 9.26. The zero-order valence-electron chi connectivity index (χ0n) is 9.26. The average Bonchev–Trinajstić information content (AvgIpc) is 3.06. The van der Waals surface area contributed by atoms with Crippen LogP contribution in [0.2, 0.25) is 0 Å². The number of hydrogen-bond donors (Lipinski definition) is 0. The molecule has 0 saturated carbocycles. The number of rotatable bonds is 2. The Morgan fingerprint density at radius 2 is 1.44 bits per heavy atom. The third-order valence-corrected chi connectivity index (χ3v) is 3.26. The molecule has 0 aromatic heterocycles. The van der Waals surface area contributed by atoms with Crippen LogP contribution in [0.5, 0.6) is 0 Å². The second-order valence-electron chi connectivity index (χ2n) is 4.38. The normalized spacial score (nSPS) is 27.7. The summed E-state index contributed by atoms with van der Waals surface area (Å²) in [6.07, 6.45) is 0.205. The van der Waals surface area contributed by atoms with Crippen molar-refractivity contribution in [2.45, 2.75) is 18.6 Å². The molecule has 0 bridgehead atoms. The molecule has 1 aliphatic rings. The first kappa shape index (κ1) is 9.61. The highest BCUT2D eigenvalue weighted by molar-refractivity contribution is 5.34. The van der Waals surface area contributed by atoms with Gasteiger partial charge in [-0.15, -0.1) is 0 Å². The maximum Gasteiger partial charge on any atom is 0.122 e. The van der Waals surface area contributed by atoms with Crippen molar-refractivity contribution in [2.75, 3.05) is 0 Å². The van der Waals surface area contributed by atoms with E-state index in [9.17, 15) is 0 Å². The molecule has 16 heavy (non-hydrogen) atoms. The predicted molar refractivity (Wildman–Crippen MR) is 64.1 cm³/mol. The van der Waals surface area contributed by atoms with Crippen LogP contribution in [0.25, 0.3) is 0 Å². The quantitative estimate of drug-likeness (QED) is 0.689. The van der Waals surface area contributed by atoms with Gasteiger partial charge in [-0.05, 0) is 18.1 Å². The van der Waals surface area contributed by atoms with Crippen molar-refractivity contribution < 1.29 is 4.74 Å². The largest absolute Gasteiger partial charge is 0.356 e. The molecule has 2 atom stereocenters. The van der Waals surface area contributed by atoms with Crippen molar-refractivity contribution >= 4 is 0 Å². The number of epoxide rings is 1. The molecule has 1 heteroatoms. The molecule has 0 radical (unpaired) electrons. The summed E-state index contributed by atoms with van der Waals surface area (Å²) in [5.41, 5.74) is 2.38. The molecule has 1 nitrogen and oxygen atoms in total. The highest BCUT2D eigenvalue weighted by Crippen LogP contribution is 2.56. The molecule has 1 unspecified atom stereocenters. The average molecular weight is 210 g/mol. The Balaban J connectivity index is 1.90. The van der Waals surface area contributed by atoms with Gasteiger partial charge in [-0.2, -0.15) is 0 Å². The van der Waals surface area contributed by atoms with E-state index in [0.717, 1.165) is 0 Å². The SMILES string of the molecule is C[C@]1(c2ccccc2)OC1c1ccccc1. The summed E-state index contributed by atoms with van der Waals surface area (Å²) in [5, 5.41) is 0. The monoisotopic (exact) mass is 210 g/mol. The molecular formula is C15H14O. The number of hydrogen-bond acceptors (Lipinski definition) is 1. The van der Waals surface area contributed by atoms with Gasteiger partial charge in [0.05, 0.1) is 0 Å². The molecule has 1 heterocycles. The Morgan fingerprint density at radius 3 is 2.06 bits per heavy atom. The van der Waals surface area contributed by atoms with Gasteiger partial charge in [0.1, 0.15) is 11.7 Å². The highest BCUT2D eigenvalue weighted by Gasteiger charge is 2.54. The highest BCUT2D eigenvalue weighted by atomic mass is 16.6. The third-order valence-electron chi connectivity index (χ3n) is 3.26. The second kappa shape index (κ2) is 3.46. The molecule has 1 fully saturated rings. The Bertz CT molecular complexity index is 477. The van der Waals surface area contributed by atoms with Gasteiger partial charge >= 0.3 is 0 Å².